The maximum atomic E-state index is 13.7. The zero-order valence-electron chi connectivity index (χ0n) is 17.6. The van der Waals surface area contributed by atoms with E-state index in [4.69, 9.17) is 5.63 Å². The molecule has 0 fully saturated rings. The fourth-order valence-electron chi connectivity index (χ4n) is 3.88. The number of alkyl halides is 6. The Balaban J connectivity index is 1.92. The van der Waals surface area contributed by atoms with Gasteiger partial charge in [0, 0.05) is 0 Å². The molecule has 0 amide bonds. The molecular formula is C24H16F8O2Zr. The zero-order chi connectivity index (χ0) is 25.4. The molecule has 0 radical (unpaired) electrons. The van der Waals surface area contributed by atoms with Crippen molar-refractivity contribution in [3.8, 4) is 11.5 Å². The van der Waals surface area contributed by atoms with Crippen molar-refractivity contribution in [3.63, 3.8) is 0 Å². The summed E-state index contributed by atoms with van der Waals surface area (Å²) in [6.45, 7) is 0. The Bertz CT molecular complexity index is 1110. The minimum atomic E-state index is -5.30. The first kappa shape index (κ1) is 25.4. The first-order valence-electron chi connectivity index (χ1n) is 10.2. The summed E-state index contributed by atoms with van der Waals surface area (Å²) >= 11 is -5.30. The molecule has 2 aromatic carbocycles. The monoisotopic (exact) mass is 578 g/mol. The summed E-state index contributed by atoms with van der Waals surface area (Å²) in [6.07, 6.45) is 2.59. The maximum absolute atomic E-state index is 13.7. The molecule has 0 bridgehead atoms. The number of benzene rings is 2. The fraction of sp³-hybridized carbons (Fsp3) is 0.167. The van der Waals surface area contributed by atoms with E-state index >= 15 is 0 Å². The van der Waals surface area contributed by atoms with Gasteiger partial charge in [0.05, 0.1) is 0 Å². The second kappa shape index (κ2) is 9.41. The standard InChI is InChI=1S/2C7H4F4O.2C5H5.Zr/c2*8-4-1-2-6(12)5(3-4)7(9,10)11;2*1-2-4-5-3-1;/h2*1-3,12H;2*1-5H;/q;;;;+2/p-2. The van der Waals surface area contributed by atoms with E-state index in [1.807, 2.05) is 0 Å². The molecule has 0 aromatic heterocycles. The Hall–Kier alpha value is -2.68. The van der Waals surface area contributed by atoms with E-state index < -0.39 is 75.0 Å². The summed E-state index contributed by atoms with van der Waals surface area (Å²) in [4.78, 5) is 0. The van der Waals surface area contributed by atoms with Crippen LogP contribution < -0.4 is 5.63 Å². The van der Waals surface area contributed by atoms with Gasteiger partial charge >= 0.3 is 201 Å². The molecule has 184 valence electrons. The summed E-state index contributed by atoms with van der Waals surface area (Å²) < 4.78 is 120. The fourth-order valence-corrected chi connectivity index (χ4v) is 12.7. The molecule has 35 heavy (non-hydrogen) atoms. The molecule has 0 aliphatic heterocycles. The van der Waals surface area contributed by atoms with Crippen LogP contribution in [0.2, 0.25) is 7.25 Å². The molecule has 2 nitrogen and oxygen atoms in total. The first-order chi connectivity index (χ1) is 16.4. The second-order valence-corrected chi connectivity index (χ2v) is 15.6. The Morgan fingerprint density at radius 1 is 0.571 bits per heavy atom. The van der Waals surface area contributed by atoms with Crippen LogP contribution in [-0.4, -0.2) is 0 Å². The van der Waals surface area contributed by atoms with Crippen LogP contribution in [0, 0.1) is 11.6 Å². The molecule has 0 saturated carbocycles. The van der Waals surface area contributed by atoms with Crippen LogP contribution in [0.4, 0.5) is 35.1 Å². The van der Waals surface area contributed by atoms with Gasteiger partial charge in [0.15, 0.2) is 0 Å². The van der Waals surface area contributed by atoms with Gasteiger partial charge in [-0.3, -0.25) is 0 Å². The summed E-state index contributed by atoms with van der Waals surface area (Å²) in [7, 11) is 0. The van der Waals surface area contributed by atoms with Crippen molar-refractivity contribution in [1.29, 1.82) is 0 Å². The van der Waals surface area contributed by atoms with Crippen LogP contribution in [0.15, 0.2) is 85.0 Å². The van der Waals surface area contributed by atoms with Gasteiger partial charge in [-0.1, -0.05) is 0 Å². The number of rotatable bonds is 6. The van der Waals surface area contributed by atoms with Crippen LogP contribution in [0.1, 0.15) is 11.1 Å². The molecule has 0 unspecified atom stereocenters. The van der Waals surface area contributed by atoms with Crippen LogP contribution in [0.3, 0.4) is 0 Å². The Morgan fingerprint density at radius 2 is 0.914 bits per heavy atom. The van der Waals surface area contributed by atoms with E-state index in [1.54, 1.807) is 48.6 Å². The summed E-state index contributed by atoms with van der Waals surface area (Å²) in [5, 5.41) is 0. The summed E-state index contributed by atoms with van der Waals surface area (Å²) in [6, 6.07) is 3.61. The van der Waals surface area contributed by atoms with Crippen LogP contribution >= 0.6 is 0 Å². The van der Waals surface area contributed by atoms with Crippen molar-refractivity contribution in [2.75, 3.05) is 0 Å². The molecule has 0 atom stereocenters. The van der Waals surface area contributed by atoms with Crippen molar-refractivity contribution in [2.24, 2.45) is 0 Å². The molecule has 0 heterocycles. The molecule has 2 aromatic rings. The third-order valence-electron chi connectivity index (χ3n) is 5.46. The van der Waals surface area contributed by atoms with Gasteiger partial charge in [-0.05, 0) is 0 Å². The molecule has 2 aliphatic carbocycles. The average molecular weight is 580 g/mol. The van der Waals surface area contributed by atoms with E-state index in [0.717, 1.165) is 24.3 Å². The van der Waals surface area contributed by atoms with E-state index in [1.165, 1.54) is 0 Å². The Morgan fingerprint density at radius 3 is 1.23 bits per heavy atom. The van der Waals surface area contributed by atoms with Crippen LogP contribution in [-0.2, 0) is 33.5 Å². The number of allylic oxidation sites excluding steroid dienone is 8. The molecule has 0 saturated heterocycles. The summed E-state index contributed by atoms with van der Waals surface area (Å²) in [5.74, 6) is -3.84. The van der Waals surface area contributed by atoms with Gasteiger partial charge in [-0.25, -0.2) is 0 Å². The van der Waals surface area contributed by atoms with Crippen LogP contribution in [0.25, 0.3) is 0 Å². The van der Waals surface area contributed by atoms with E-state index in [2.05, 4.69) is 0 Å². The van der Waals surface area contributed by atoms with Gasteiger partial charge in [0.1, 0.15) is 0 Å². The van der Waals surface area contributed by atoms with E-state index in [9.17, 15) is 35.1 Å². The van der Waals surface area contributed by atoms with Gasteiger partial charge in [0.2, 0.25) is 0 Å². The predicted octanol–water partition coefficient (Wildman–Crippen LogP) is 8.27. The first-order valence-corrected chi connectivity index (χ1v) is 15.1. The molecule has 2 aliphatic rings. The number of hydrogen-bond donors (Lipinski definition) is 0. The molecule has 0 N–H and O–H groups in total. The topological polar surface area (TPSA) is 18.5 Å². The molecule has 11 heteroatoms. The van der Waals surface area contributed by atoms with Gasteiger partial charge in [-0.2, -0.15) is 0 Å². The third-order valence-corrected chi connectivity index (χ3v) is 14.6. The van der Waals surface area contributed by atoms with Gasteiger partial charge in [0.25, 0.3) is 0 Å². The van der Waals surface area contributed by atoms with Crippen molar-refractivity contribution in [3.05, 3.63) is 108 Å². The van der Waals surface area contributed by atoms with Gasteiger partial charge < -0.3 is 0 Å². The summed E-state index contributed by atoms with van der Waals surface area (Å²) in [5.41, 5.74) is -2.84. The quantitative estimate of drug-likeness (QED) is 0.321. The van der Waals surface area contributed by atoms with Crippen molar-refractivity contribution >= 4 is 0 Å². The predicted molar refractivity (Wildman–Crippen MR) is 108 cm³/mol. The Kier molecular flexibility index (Phi) is 6.83. The van der Waals surface area contributed by atoms with Crippen molar-refractivity contribution < 1.29 is 61.9 Å². The second-order valence-electron chi connectivity index (χ2n) is 7.79. The minimum absolute atomic E-state index is 0.256. The third kappa shape index (κ3) is 5.29. The number of hydrogen-bond acceptors (Lipinski definition) is 2. The SMILES string of the molecule is Fc1ccc([O][Zr]([O]c2ccc(F)cc2C(F)(F)F)([CH]2C=CC=C2)[CH]2C=CC=C2)c(C(F)(F)F)c1. The zero-order valence-corrected chi connectivity index (χ0v) is 20.0. The van der Waals surface area contributed by atoms with E-state index in [-0.39, 0.29) is 12.1 Å². The molecule has 0 spiro atoms. The Labute approximate surface area is 200 Å². The molecular weight excluding hydrogens is 563 g/mol. The molecule has 4 rings (SSSR count). The number of halogens is 8. The average Bonchev–Trinajstić information content (AvgIpc) is 3.49. The van der Waals surface area contributed by atoms with Crippen LogP contribution in [0.5, 0.6) is 11.5 Å². The van der Waals surface area contributed by atoms with E-state index in [0.29, 0.717) is 0 Å². The van der Waals surface area contributed by atoms with Gasteiger partial charge in [-0.15, -0.1) is 0 Å². The normalized spacial score (nSPS) is 16.5. The van der Waals surface area contributed by atoms with Crippen molar-refractivity contribution in [1.82, 2.24) is 0 Å². The van der Waals surface area contributed by atoms with Crippen molar-refractivity contribution in [2.45, 2.75) is 19.6 Å².